The first-order valence-corrected chi connectivity index (χ1v) is 10.1. The quantitative estimate of drug-likeness (QED) is 0.329. The summed E-state index contributed by atoms with van der Waals surface area (Å²) in [5.74, 6) is -0.978. The Balaban J connectivity index is 1.75. The number of methoxy groups -OCH3 is 1. The van der Waals surface area contributed by atoms with Crippen molar-refractivity contribution in [1.29, 1.82) is 0 Å². The predicted octanol–water partition coefficient (Wildman–Crippen LogP) is 3.05. The largest absolute Gasteiger partial charge is 0.466 e. The van der Waals surface area contributed by atoms with Gasteiger partial charge in [0.25, 0.3) is 5.91 Å². The predicted molar refractivity (Wildman–Crippen MR) is 111 cm³/mol. The van der Waals surface area contributed by atoms with Gasteiger partial charge < -0.3 is 9.64 Å². The number of carbonyl (C=O) groups excluding carboxylic acids is 2. The van der Waals surface area contributed by atoms with Gasteiger partial charge in [0.15, 0.2) is 5.17 Å². The van der Waals surface area contributed by atoms with E-state index < -0.39 is 11.9 Å². The van der Waals surface area contributed by atoms with Crippen LogP contribution in [0.4, 0.5) is 5.69 Å². The van der Waals surface area contributed by atoms with Crippen LogP contribution in [0.3, 0.4) is 0 Å². The normalized spacial score (nSPS) is 20.5. The average Bonchev–Trinajstić information content (AvgIpc) is 3.01. The number of nitrogens with one attached hydrogen (secondary N) is 1. The summed E-state index contributed by atoms with van der Waals surface area (Å²) in [6.07, 6.45) is 6.45. The molecule has 0 aromatic heterocycles. The second-order valence-corrected chi connectivity index (χ2v) is 7.93. The van der Waals surface area contributed by atoms with Crippen molar-refractivity contribution >= 4 is 56.6 Å². The second kappa shape index (κ2) is 9.18. The van der Waals surface area contributed by atoms with Crippen molar-refractivity contribution in [3.63, 3.8) is 0 Å². The van der Waals surface area contributed by atoms with E-state index in [1.165, 1.54) is 26.4 Å². The van der Waals surface area contributed by atoms with Crippen molar-refractivity contribution in [2.75, 3.05) is 25.1 Å². The lowest BCUT2D eigenvalue weighted by molar-refractivity contribution is -0.135. The molecule has 0 aliphatic carbocycles. The lowest BCUT2D eigenvalue weighted by atomic mass is 10.1. The monoisotopic (exact) mass is 450 g/mol. The summed E-state index contributed by atoms with van der Waals surface area (Å²) in [6.45, 7) is 2.06. The minimum atomic E-state index is -0.585. The zero-order valence-electron chi connectivity index (χ0n) is 14.8. The smallest absolute Gasteiger partial charge is 0.331 e. The lowest BCUT2D eigenvalue weighted by Gasteiger charge is -2.30. The van der Waals surface area contributed by atoms with E-state index in [1.807, 2.05) is 12.1 Å². The maximum absolute atomic E-state index is 11.8. The van der Waals surface area contributed by atoms with Crippen LogP contribution in [0.1, 0.15) is 24.8 Å². The van der Waals surface area contributed by atoms with Crippen LogP contribution in [-0.4, -0.2) is 43.5 Å². The molecule has 0 saturated carbocycles. The topological polar surface area (TPSA) is 83.4 Å². The number of rotatable bonds is 4. The van der Waals surface area contributed by atoms with Crippen molar-refractivity contribution in [3.05, 3.63) is 39.2 Å². The second-order valence-electron chi connectivity index (χ2n) is 5.99. The summed E-state index contributed by atoms with van der Waals surface area (Å²) >= 11 is 4.54. The number of piperidine rings is 1. The molecule has 27 heavy (non-hydrogen) atoms. The molecule has 2 saturated heterocycles. The minimum Gasteiger partial charge on any atom is -0.466 e. The summed E-state index contributed by atoms with van der Waals surface area (Å²) in [5, 5.41) is 11.1. The summed E-state index contributed by atoms with van der Waals surface area (Å²) in [5.41, 5.74) is 2.08. The summed E-state index contributed by atoms with van der Waals surface area (Å²) in [7, 11) is 1.26. The average molecular weight is 451 g/mol. The van der Waals surface area contributed by atoms with E-state index in [2.05, 4.69) is 47.2 Å². The molecule has 142 valence electrons. The van der Waals surface area contributed by atoms with Gasteiger partial charge in [0.05, 0.1) is 18.2 Å². The fourth-order valence-electron chi connectivity index (χ4n) is 2.84. The molecule has 1 amide bonds. The maximum atomic E-state index is 11.8. The van der Waals surface area contributed by atoms with Gasteiger partial charge >= 0.3 is 5.97 Å². The Labute approximate surface area is 170 Å². The van der Waals surface area contributed by atoms with Crippen LogP contribution in [0, 0.1) is 0 Å². The fourth-order valence-corrected chi connectivity index (χ4v) is 3.95. The van der Waals surface area contributed by atoms with Crippen molar-refractivity contribution in [3.8, 4) is 0 Å². The molecule has 0 atom stereocenters. The van der Waals surface area contributed by atoms with E-state index in [1.54, 1.807) is 6.21 Å². The van der Waals surface area contributed by atoms with E-state index in [0.717, 1.165) is 46.7 Å². The molecule has 1 N–H and O–H groups in total. The van der Waals surface area contributed by atoms with E-state index in [0.29, 0.717) is 5.17 Å². The number of ether oxygens (including phenoxy) is 1. The third kappa shape index (κ3) is 5.20. The number of anilines is 1. The number of halogens is 1. The minimum absolute atomic E-state index is 0.229. The third-order valence-corrected chi connectivity index (χ3v) is 5.53. The van der Waals surface area contributed by atoms with Gasteiger partial charge in [0, 0.05) is 34.9 Å². The summed E-state index contributed by atoms with van der Waals surface area (Å²) < 4.78 is 5.49. The molecule has 0 spiro atoms. The van der Waals surface area contributed by atoms with Crippen LogP contribution in [0.2, 0.25) is 0 Å². The van der Waals surface area contributed by atoms with Gasteiger partial charge in [0.2, 0.25) is 0 Å². The number of amides is 1. The molecule has 1 aromatic rings. The number of hydrogen-bond donors (Lipinski definition) is 1. The Kier molecular flexibility index (Phi) is 6.68. The first kappa shape index (κ1) is 19.6. The molecule has 2 aliphatic rings. The van der Waals surface area contributed by atoms with Crippen molar-refractivity contribution < 1.29 is 14.3 Å². The third-order valence-electron chi connectivity index (χ3n) is 4.13. The van der Waals surface area contributed by atoms with Crippen LogP contribution in [0.5, 0.6) is 0 Å². The van der Waals surface area contributed by atoms with E-state index in [4.69, 9.17) is 0 Å². The van der Waals surface area contributed by atoms with E-state index in [9.17, 15) is 9.59 Å². The Morgan fingerprint density at radius 3 is 2.85 bits per heavy atom. The van der Waals surface area contributed by atoms with Crippen LogP contribution < -0.4 is 10.2 Å². The van der Waals surface area contributed by atoms with Gasteiger partial charge in [-0.05, 0) is 49.2 Å². The number of benzene rings is 1. The van der Waals surface area contributed by atoms with Crippen molar-refractivity contribution in [2.24, 2.45) is 10.2 Å². The molecule has 2 heterocycles. The molecule has 7 nitrogen and oxygen atoms in total. The molecular weight excluding hydrogens is 432 g/mol. The van der Waals surface area contributed by atoms with Gasteiger partial charge in [-0.25, -0.2) is 4.79 Å². The molecule has 0 radical (unpaired) electrons. The molecule has 9 heteroatoms. The molecule has 0 bridgehead atoms. The van der Waals surface area contributed by atoms with Gasteiger partial charge in [-0.15, -0.1) is 5.10 Å². The van der Waals surface area contributed by atoms with Crippen molar-refractivity contribution in [2.45, 2.75) is 19.3 Å². The number of carbonyl (C=O) groups is 2. The zero-order chi connectivity index (χ0) is 19.2. The van der Waals surface area contributed by atoms with E-state index >= 15 is 0 Å². The van der Waals surface area contributed by atoms with Gasteiger partial charge in [-0.2, -0.15) is 5.10 Å². The Bertz CT molecular complexity index is 832. The molecule has 3 rings (SSSR count). The van der Waals surface area contributed by atoms with Crippen LogP contribution in [0.25, 0.3) is 0 Å². The fraction of sp³-hybridized carbons (Fsp3) is 0.333. The standard InChI is InChI=1S/C18H19BrN4O3S/c1-26-16(24)10-15-17(25)21-18(27-15)22-20-11-12-9-13(19)5-6-14(12)23-7-3-2-4-8-23/h5-6,9-11H,2-4,7-8H2,1H3,(H,21,22,25)/b15-10+,20-11?. The van der Waals surface area contributed by atoms with Crippen LogP contribution >= 0.6 is 27.7 Å². The van der Waals surface area contributed by atoms with E-state index in [-0.39, 0.29) is 4.91 Å². The van der Waals surface area contributed by atoms with Crippen LogP contribution in [-0.2, 0) is 14.3 Å². The molecular formula is C18H19BrN4O3S. The van der Waals surface area contributed by atoms with Gasteiger partial charge in [0.1, 0.15) is 0 Å². The highest BCUT2D eigenvalue weighted by molar-refractivity contribution is 9.10. The van der Waals surface area contributed by atoms with Crippen LogP contribution in [0.15, 0.2) is 43.9 Å². The first-order valence-electron chi connectivity index (χ1n) is 8.51. The Morgan fingerprint density at radius 2 is 2.11 bits per heavy atom. The highest BCUT2D eigenvalue weighted by Gasteiger charge is 2.25. The molecule has 2 fully saturated rings. The molecule has 0 unspecified atom stereocenters. The Morgan fingerprint density at radius 1 is 1.33 bits per heavy atom. The van der Waals surface area contributed by atoms with Gasteiger partial charge in [-0.3, -0.25) is 10.1 Å². The molecule has 2 aliphatic heterocycles. The number of thioether (sulfide) groups is 1. The molecule has 1 aromatic carbocycles. The SMILES string of the molecule is COC(=O)/C=C1/S/C(=N\N=Cc2cc(Br)ccc2N2CCCCC2)NC1=O. The van der Waals surface area contributed by atoms with Gasteiger partial charge in [-0.1, -0.05) is 15.9 Å². The zero-order valence-corrected chi connectivity index (χ0v) is 17.2. The summed E-state index contributed by atoms with van der Waals surface area (Å²) in [6, 6.07) is 6.09. The highest BCUT2D eigenvalue weighted by atomic mass is 79.9. The highest BCUT2D eigenvalue weighted by Crippen LogP contribution is 2.27. The Hall–Kier alpha value is -2.13. The number of amidine groups is 1. The number of esters is 1. The maximum Gasteiger partial charge on any atom is 0.331 e. The van der Waals surface area contributed by atoms with Crippen molar-refractivity contribution in [1.82, 2.24) is 5.32 Å². The first-order chi connectivity index (χ1) is 13.1. The lowest BCUT2D eigenvalue weighted by Crippen LogP contribution is -2.30. The number of hydrogen-bond acceptors (Lipinski definition) is 7. The summed E-state index contributed by atoms with van der Waals surface area (Å²) in [4.78, 5) is 25.7. The number of nitrogens with zero attached hydrogens (tertiary/aromatic N) is 3.